The summed E-state index contributed by atoms with van der Waals surface area (Å²) in [6, 6.07) is 10.5. The van der Waals surface area contributed by atoms with Gasteiger partial charge in [0.15, 0.2) is 11.5 Å². The van der Waals surface area contributed by atoms with Crippen LogP contribution >= 0.6 is 0 Å². The number of piperazine rings is 1. The first-order chi connectivity index (χ1) is 11.7. The summed E-state index contributed by atoms with van der Waals surface area (Å²) >= 11 is 0. The van der Waals surface area contributed by atoms with Gasteiger partial charge in [-0.15, -0.1) is 0 Å². The number of hydrogen-bond acceptors (Lipinski definition) is 6. The number of aromatic hydroxyl groups is 2. The molecule has 3 N–H and O–H groups in total. The highest BCUT2D eigenvalue weighted by atomic mass is 16.7. The van der Waals surface area contributed by atoms with Crippen LogP contribution < -0.4 is 14.8 Å². The molecule has 0 aromatic heterocycles. The summed E-state index contributed by atoms with van der Waals surface area (Å²) in [4.78, 5) is 2.32. The fourth-order valence-corrected chi connectivity index (χ4v) is 3.35. The zero-order valence-corrected chi connectivity index (χ0v) is 13.2. The van der Waals surface area contributed by atoms with E-state index in [1.54, 1.807) is 18.2 Å². The molecule has 2 heterocycles. The topological polar surface area (TPSA) is 74.2 Å². The van der Waals surface area contributed by atoms with Crippen LogP contribution in [0.2, 0.25) is 0 Å². The second-order valence-electron chi connectivity index (χ2n) is 6.04. The summed E-state index contributed by atoms with van der Waals surface area (Å²) in [6.07, 6.45) is 0. The minimum atomic E-state index is -0.109. The van der Waals surface area contributed by atoms with Gasteiger partial charge in [0.2, 0.25) is 6.79 Å². The van der Waals surface area contributed by atoms with Gasteiger partial charge in [-0.05, 0) is 23.8 Å². The van der Waals surface area contributed by atoms with Crippen LogP contribution in [-0.2, 0) is 0 Å². The van der Waals surface area contributed by atoms with E-state index >= 15 is 0 Å². The molecule has 1 saturated heterocycles. The van der Waals surface area contributed by atoms with Crippen molar-refractivity contribution in [3.63, 3.8) is 0 Å². The predicted octanol–water partition coefficient (Wildman–Crippen LogP) is 1.82. The molecular weight excluding hydrogens is 308 g/mol. The Morgan fingerprint density at radius 1 is 0.958 bits per heavy atom. The lowest BCUT2D eigenvalue weighted by molar-refractivity contribution is 0.173. The Kier molecular flexibility index (Phi) is 3.92. The van der Waals surface area contributed by atoms with E-state index in [4.69, 9.17) is 9.47 Å². The van der Waals surface area contributed by atoms with Crippen molar-refractivity contribution in [3.8, 4) is 23.0 Å². The zero-order valence-electron chi connectivity index (χ0n) is 13.2. The minimum Gasteiger partial charge on any atom is -0.508 e. The van der Waals surface area contributed by atoms with E-state index in [2.05, 4.69) is 10.2 Å². The van der Waals surface area contributed by atoms with Gasteiger partial charge in [-0.2, -0.15) is 0 Å². The van der Waals surface area contributed by atoms with Crippen molar-refractivity contribution < 1.29 is 19.7 Å². The third-order valence-corrected chi connectivity index (χ3v) is 4.54. The van der Waals surface area contributed by atoms with Crippen molar-refractivity contribution in [3.05, 3.63) is 47.5 Å². The number of phenolic OH excluding ortho intramolecular Hbond substituents is 2. The van der Waals surface area contributed by atoms with Crippen molar-refractivity contribution in [1.82, 2.24) is 10.2 Å². The molecule has 6 heteroatoms. The average molecular weight is 328 g/mol. The quantitative estimate of drug-likeness (QED) is 0.798. The molecule has 2 aliphatic heterocycles. The van der Waals surface area contributed by atoms with Gasteiger partial charge in [0, 0.05) is 37.8 Å². The molecule has 0 amide bonds. The molecule has 2 aromatic carbocycles. The molecule has 1 unspecified atom stereocenters. The van der Waals surface area contributed by atoms with E-state index in [-0.39, 0.29) is 24.3 Å². The molecule has 126 valence electrons. The summed E-state index contributed by atoms with van der Waals surface area (Å²) in [5, 5.41) is 23.5. The molecule has 24 heavy (non-hydrogen) atoms. The Hall–Kier alpha value is -2.44. The lowest BCUT2D eigenvalue weighted by Crippen LogP contribution is -2.45. The third-order valence-electron chi connectivity index (χ3n) is 4.54. The van der Waals surface area contributed by atoms with E-state index in [1.165, 1.54) is 0 Å². The number of nitrogens with one attached hydrogen (secondary N) is 1. The monoisotopic (exact) mass is 328 g/mol. The SMILES string of the molecule is Oc1ccc(C(c2cc3c(cc2O)OCO3)N2CCNCC2)cc1. The Bertz CT molecular complexity index is 727. The highest BCUT2D eigenvalue weighted by molar-refractivity contribution is 5.54. The second-order valence-corrected chi connectivity index (χ2v) is 6.04. The van der Waals surface area contributed by atoms with Crippen LogP contribution in [0, 0.1) is 0 Å². The van der Waals surface area contributed by atoms with Gasteiger partial charge in [-0.3, -0.25) is 4.90 Å². The van der Waals surface area contributed by atoms with Crippen LogP contribution in [-0.4, -0.2) is 48.1 Å². The first kappa shape index (κ1) is 15.1. The van der Waals surface area contributed by atoms with E-state index < -0.39 is 0 Å². The average Bonchev–Trinajstić information content (AvgIpc) is 3.05. The van der Waals surface area contributed by atoms with Gasteiger partial charge < -0.3 is 25.0 Å². The fourth-order valence-electron chi connectivity index (χ4n) is 3.35. The van der Waals surface area contributed by atoms with Gasteiger partial charge >= 0.3 is 0 Å². The lowest BCUT2D eigenvalue weighted by atomic mass is 9.95. The van der Waals surface area contributed by atoms with Gasteiger partial charge in [0.25, 0.3) is 0 Å². The summed E-state index contributed by atoms with van der Waals surface area (Å²) in [5.41, 5.74) is 1.80. The maximum absolute atomic E-state index is 10.6. The molecule has 2 aromatic rings. The van der Waals surface area contributed by atoms with Gasteiger partial charge in [-0.1, -0.05) is 12.1 Å². The van der Waals surface area contributed by atoms with Crippen molar-refractivity contribution >= 4 is 0 Å². The van der Waals surface area contributed by atoms with E-state index in [0.717, 1.165) is 37.3 Å². The molecule has 2 aliphatic rings. The zero-order chi connectivity index (χ0) is 16.5. The standard InChI is InChI=1S/C18H20N2O4/c21-13-3-1-12(2-4-13)18(20-7-5-19-6-8-20)14-9-16-17(10-15(14)22)24-11-23-16/h1-4,9-10,18-19,21-22H,5-8,11H2. The molecule has 1 atom stereocenters. The van der Waals surface area contributed by atoms with Crippen LogP contribution in [0.25, 0.3) is 0 Å². The smallest absolute Gasteiger partial charge is 0.231 e. The normalized spacial score (nSPS) is 18.5. The van der Waals surface area contributed by atoms with Crippen LogP contribution in [0.1, 0.15) is 17.2 Å². The van der Waals surface area contributed by atoms with Crippen molar-refractivity contribution in [1.29, 1.82) is 0 Å². The van der Waals surface area contributed by atoms with Crippen molar-refractivity contribution in [2.24, 2.45) is 0 Å². The molecule has 1 fully saturated rings. The third kappa shape index (κ3) is 2.74. The summed E-state index contributed by atoms with van der Waals surface area (Å²) in [6.45, 7) is 3.73. The molecule has 4 rings (SSSR count). The molecule has 0 radical (unpaired) electrons. The second kappa shape index (κ2) is 6.22. The van der Waals surface area contributed by atoms with E-state index in [0.29, 0.717) is 11.5 Å². The Morgan fingerprint density at radius 2 is 1.62 bits per heavy atom. The number of fused-ring (bicyclic) bond motifs is 1. The van der Waals surface area contributed by atoms with E-state index in [1.807, 2.05) is 18.2 Å². The van der Waals surface area contributed by atoms with Gasteiger partial charge in [0.05, 0.1) is 6.04 Å². The molecule has 6 nitrogen and oxygen atoms in total. The molecular formula is C18H20N2O4. The molecule has 0 spiro atoms. The number of rotatable bonds is 3. The van der Waals surface area contributed by atoms with Gasteiger partial charge in [-0.25, -0.2) is 0 Å². The number of phenols is 2. The summed E-state index contributed by atoms with van der Waals surface area (Å²) < 4.78 is 10.8. The van der Waals surface area contributed by atoms with Gasteiger partial charge in [0.1, 0.15) is 11.5 Å². The molecule has 0 saturated carbocycles. The maximum Gasteiger partial charge on any atom is 0.231 e. The number of nitrogens with zero attached hydrogens (tertiary/aromatic N) is 1. The summed E-state index contributed by atoms with van der Waals surface area (Å²) in [7, 11) is 0. The van der Waals surface area contributed by atoms with E-state index in [9.17, 15) is 10.2 Å². The predicted molar refractivity (Wildman–Crippen MR) is 88.6 cm³/mol. The number of benzene rings is 2. The van der Waals surface area contributed by atoms with Crippen LogP contribution in [0.4, 0.5) is 0 Å². The molecule has 0 bridgehead atoms. The highest BCUT2D eigenvalue weighted by Gasteiger charge is 2.28. The Morgan fingerprint density at radius 3 is 2.33 bits per heavy atom. The number of ether oxygens (including phenoxy) is 2. The Labute approximate surface area is 140 Å². The highest BCUT2D eigenvalue weighted by Crippen LogP contribution is 2.43. The van der Waals surface area contributed by atoms with Crippen LogP contribution in [0.5, 0.6) is 23.0 Å². The molecule has 0 aliphatic carbocycles. The summed E-state index contributed by atoms with van der Waals surface area (Å²) in [5.74, 6) is 1.64. The Balaban J connectivity index is 1.78. The van der Waals surface area contributed by atoms with Crippen LogP contribution in [0.3, 0.4) is 0 Å². The van der Waals surface area contributed by atoms with Crippen LogP contribution in [0.15, 0.2) is 36.4 Å². The largest absolute Gasteiger partial charge is 0.508 e. The number of hydrogen-bond donors (Lipinski definition) is 3. The van der Waals surface area contributed by atoms with Crippen molar-refractivity contribution in [2.75, 3.05) is 33.0 Å². The van der Waals surface area contributed by atoms with Crippen molar-refractivity contribution in [2.45, 2.75) is 6.04 Å². The minimum absolute atomic E-state index is 0.109. The lowest BCUT2D eigenvalue weighted by Gasteiger charge is -2.35. The fraction of sp³-hybridized carbons (Fsp3) is 0.333. The first-order valence-corrected chi connectivity index (χ1v) is 8.08. The maximum atomic E-state index is 10.6. The first-order valence-electron chi connectivity index (χ1n) is 8.08.